The third kappa shape index (κ3) is 2.94. The van der Waals surface area contributed by atoms with E-state index in [9.17, 15) is 34.8 Å². The number of allylic oxidation sites excluding steroid dienone is 2. The van der Waals surface area contributed by atoms with Crippen molar-refractivity contribution >= 4 is 23.2 Å². The number of ketones is 2. The van der Waals surface area contributed by atoms with Gasteiger partial charge in [0.05, 0.1) is 11.3 Å². The van der Waals surface area contributed by atoms with Gasteiger partial charge >= 0.3 is 0 Å². The first-order valence-corrected chi connectivity index (χ1v) is 11.0. The van der Waals surface area contributed by atoms with Crippen molar-refractivity contribution in [1.82, 2.24) is 10.2 Å². The molecule has 0 radical (unpaired) electrons. The van der Waals surface area contributed by atoms with Gasteiger partial charge in [-0.05, 0) is 36.5 Å². The van der Waals surface area contributed by atoms with Gasteiger partial charge < -0.3 is 31.1 Å². The van der Waals surface area contributed by atoms with Crippen LogP contribution in [0.4, 0.5) is 5.69 Å². The Morgan fingerprint density at radius 3 is 2.54 bits per heavy atom. The summed E-state index contributed by atoms with van der Waals surface area (Å²) in [6.07, 6.45) is 1.55. The summed E-state index contributed by atoms with van der Waals surface area (Å²) >= 11 is 0. The first kappa shape index (κ1) is 22.7. The van der Waals surface area contributed by atoms with E-state index in [1.807, 2.05) is 0 Å². The number of nitrogens with zero attached hydrogens (tertiary/aromatic N) is 2. The number of aromatic hydroxyl groups is 1. The van der Waals surface area contributed by atoms with E-state index in [1.165, 1.54) is 6.20 Å². The fourth-order valence-electron chi connectivity index (χ4n) is 5.68. The molecule has 0 saturated carbocycles. The highest BCUT2D eigenvalue weighted by molar-refractivity contribution is 6.24. The Morgan fingerprint density at radius 1 is 1.23 bits per heavy atom. The maximum atomic E-state index is 13.8. The number of anilines is 1. The number of hydrogen-bond donors (Lipinski definition) is 6. The molecule has 2 aromatic rings. The number of aromatic nitrogens is 2. The van der Waals surface area contributed by atoms with Crippen LogP contribution in [0, 0.1) is 11.8 Å². The van der Waals surface area contributed by atoms with Gasteiger partial charge in [0.2, 0.25) is 5.78 Å². The molecule has 35 heavy (non-hydrogen) atoms. The van der Waals surface area contributed by atoms with Crippen molar-refractivity contribution in [2.45, 2.75) is 24.9 Å². The van der Waals surface area contributed by atoms with Gasteiger partial charge in [-0.3, -0.25) is 19.5 Å². The number of nitrogens with one attached hydrogen (secondary N) is 1. The zero-order valence-electron chi connectivity index (χ0n) is 19.0. The summed E-state index contributed by atoms with van der Waals surface area (Å²) in [4.78, 5) is 40.4. The highest BCUT2D eigenvalue weighted by Gasteiger charge is 2.59. The van der Waals surface area contributed by atoms with Crippen LogP contribution in [0.15, 0.2) is 41.0 Å². The molecule has 3 aliphatic rings. The van der Waals surface area contributed by atoms with Crippen molar-refractivity contribution in [2.75, 3.05) is 19.0 Å². The molecule has 0 spiro atoms. The van der Waals surface area contributed by atoms with Crippen LogP contribution >= 0.6 is 0 Å². The summed E-state index contributed by atoms with van der Waals surface area (Å²) in [5.74, 6) is -6.51. The zero-order valence-corrected chi connectivity index (χ0v) is 19.0. The summed E-state index contributed by atoms with van der Waals surface area (Å²) in [5.41, 5.74) is 3.63. The van der Waals surface area contributed by atoms with Crippen LogP contribution in [-0.2, 0) is 16.0 Å². The summed E-state index contributed by atoms with van der Waals surface area (Å²) in [6.45, 7) is 0. The van der Waals surface area contributed by atoms with Gasteiger partial charge in [-0.25, -0.2) is 0 Å². The fraction of sp³-hybridized carbons (Fsp3) is 0.333. The molecule has 3 atom stereocenters. The number of Topliss-reactive ketones (excluding diaryl/α,β-unsaturated/α-hetero) is 2. The first-order chi connectivity index (χ1) is 16.5. The van der Waals surface area contributed by atoms with E-state index in [4.69, 9.17) is 5.73 Å². The molecule has 0 saturated heterocycles. The molecule has 1 aromatic carbocycles. The highest BCUT2D eigenvalue weighted by Crippen LogP contribution is 2.53. The first-order valence-electron chi connectivity index (χ1n) is 11.0. The number of aliphatic hydroxyl groups is 3. The summed E-state index contributed by atoms with van der Waals surface area (Å²) in [7, 11) is 3.59. The molecular formula is C24H24N4O7. The van der Waals surface area contributed by atoms with Crippen molar-refractivity contribution in [3.05, 3.63) is 52.1 Å². The molecule has 11 nitrogen and oxygen atoms in total. The van der Waals surface area contributed by atoms with Crippen molar-refractivity contribution in [3.8, 4) is 17.0 Å². The van der Waals surface area contributed by atoms with Gasteiger partial charge in [0.1, 0.15) is 22.8 Å². The van der Waals surface area contributed by atoms with Crippen LogP contribution < -0.4 is 10.6 Å². The Bertz CT molecular complexity index is 1370. The second-order valence-corrected chi connectivity index (χ2v) is 9.42. The van der Waals surface area contributed by atoms with E-state index in [-0.39, 0.29) is 36.1 Å². The number of phenols is 1. The number of nitrogens with two attached hydrogens (primary N) is 1. The number of benzene rings is 1. The molecule has 1 amide bonds. The lowest BCUT2D eigenvalue weighted by Gasteiger charge is -2.46. The van der Waals surface area contributed by atoms with Crippen molar-refractivity contribution in [1.29, 1.82) is 0 Å². The Morgan fingerprint density at radius 2 is 1.94 bits per heavy atom. The zero-order chi connectivity index (χ0) is 25.4. The van der Waals surface area contributed by atoms with Crippen LogP contribution in [0.25, 0.3) is 11.3 Å². The molecule has 5 rings (SSSR count). The average Bonchev–Trinajstić information content (AvgIpc) is 3.30. The van der Waals surface area contributed by atoms with E-state index in [1.54, 1.807) is 31.1 Å². The quantitative estimate of drug-likeness (QED) is 0.348. The standard InChI is InChI=1S/C24H24N4O7/c1-28(2)14-8-11(13-3-4-26-27-13)19(30)17-12(14)6-9-5-10-7-15(29)18(23(25)34)22(33)24(10,35)21(32)16(9)20(17)31/h3-4,8-10,29-30,32,35H,5-7H2,1-2H3,(H2,25,34)(H,26,27)/t9-,10+,24+/m1/s1. The Hall–Kier alpha value is -4.12. The van der Waals surface area contributed by atoms with Crippen LogP contribution in [-0.4, -0.2) is 67.8 Å². The maximum Gasteiger partial charge on any atom is 0.255 e. The third-order valence-electron chi connectivity index (χ3n) is 7.31. The molecular weight excluding hydrogens is 456 g/mol. The lowest BCUT2D eigenvalue weighted by Crippen LogP contribution is -2.57. The number of fused-ring (bicyclic) bond motifs is 3. The van der Waals surface area contributed by atoms with Gasteiger partial charge in [-0.1, -0.05) is 0 Å². The number of carbonyl (C=O) groups is 3. The molecule has 1 heterocycles. The van der Waals surface area contributed by atoms with Crippen molar-refractivity contribution in [2.24, 2.45) is 17.6 Å². The van der Waals surface area contributed by atoms with Crippen LogP contribution in [0.2, 0.25) is 0 Å². The van der Waals surface area contributed by atoms with Gasteiger partial charge in [0.25, 0.3) is 5.91 Å². The van der Waals surface area contributed by atoms with Crippen LogP contribution in [0.1, 0.15) is 28.8 Å². The number of rotatable bonds is 3. The Kier molecular flexibility index (Phi) is 4.82. The molecule has 0 unspecified atom stereocenters. The summed E-state index contributed by atoms with van der Waals surface area (Å²) in [5, 5.41) is 50.5. The molecule has 182 valence electrons. The van der Waals surface area contributed by atoms with Gasteiger partial charge in [0, 0.05) is 49.5 Å². The number of hydrogen-bond acceptors (Lipinski definition) is 9. The molecule has 1 aromatic heterocycles. The lowest BCUT2D eigenvalue weighted by molar-refractivity contribution is -0.144. The van der Waals surface area contributed by atoms with E-state index in [0.29, 0.717) is 22.5 Å². The largest absolute Gasteiger partial charge is 0.511 e. The van der Waals surface area contributed by atoms with E-state index in [2.05, 4.69) is 10.2 Å². The van der Waals surface area contributed by atoms with Crippen LogP contribution in [0.5, 0.6) is 5.75 Å². The van der Waals surface area contributed by atoms with E-state index < -0.39 is 52.0 Å². The van der Waals surface area contributed by atoms with Crippen LogP contribution in [0.3, 0.4) is 0 Å². The molecule has 0 aliphatic heterocycles. The minimum absolute atomic E-state index is 0.0441. The highest BCUT2D eigenvalue weighted by atomic mass is 16.3. The smallest absolute Gasteiger partial charge is 0.255 e. The number of aliphatic hydroxyl groups excluding tert-OH is 2. The SMILES string of the molecule is CN(C)c1cc(-c2ccn[nH]2)c(O)c2c1C[C@H]1C[C@H]3CC(O)=C(C(N)=O)C(=O)[C@@]3(O)C(O)=C1C2=O. The Labute approximate surface area is 199 Å². The monoisotopic (exact) mass is 480 g/mol. The Balaban J connectivity index is 1.73. The number of carbonyl (C=O) groups excluding carboxylic acids is 3. The normalized spacial score (nSPS) is 25.8. The second-order valence-electron chi connectivity index (χ2n) is 9.42. The fourth-order valence-corrected chi connectivity index (χ4v) is 5.68. The second kappa shape index (κ2) is 7.44. The van der Waals surface area contributed by atoms with E-state index >= 15 is 0 Å². The number of primary amides is 1. The number of aromatic amines is 1. The van der Waals surface area contributed by atoms with Gasteiger partial charge in [-0.2, -0.15) is 5.10 Å². The number of phenolic OH excluding ortho intramolecular Hbond substituents is 1. The average molecular weight is 480 g/mol. The summed E-state index contributed by atoms with van der Waals surface area (Å²) in [6, 6.07) is 3.37. The molecule has 7 N–H and O–H groups in total. The predicted molar refractivity (Wildman–Crippen MR) is 123 cm³/mol. The number of amides is 1. The van der Waals surface area contributed by atoms with Gasteiger partial charge in [0.15, 0.2) is 11.4 Å². The minimum Gasteiger partial charge on any atom is -0.511 e. The lowest BCUT2D eigenvalue weighted by atomic mass is 9.60. The van der Waals surface area contributed by atoms with Gasteiger partial charge in [-0.15, -0.1) is 0 Å². The van der Waals surface area contributed by atoms with E-state index in [0.717, 1.165) is 0 Å². The third-order valence-corrected chi connectivity index (χ3v) is 7.31. The molecule has 0 fully saturated rings. The molecule has 11 heteroatoms. The topological polar surface area (TPSA) is 190 Å². The van der Waals surface area contributed by atoms with Crippen molar-refractivity contribution < 1.29 is 34.8 Å². The summed E-state index contributed by atoms with van der Waals surface area (Å²) < 4.78 is 0. The number of H-pyrrole nitrogens is 1. The van der Waals surface area contributed by atoms with Crippen molar-refractivity contribution in [3.63, 3.8) is 0 Å². The minimum atomic E-state index is -2.59. The molecule has 0 bridgehead atoms. The predicted octanol–water partition coefficient (Wildman–Crippen LogP) is 1.04. The maximum absolute atomic E-state index is 13.8. The molecule has 3 aliphatic carbocycles.